The molecule has 1 amide bonds. The van der Waals surface area contributed by atoms with Gasteiger partial charge in [-0.3, -0.25) is 9.59 Å². The van der Waals surface area contributed by atoms with Gasteiger partial charge in [0.15, 0.2) is 0 Å². The number of amides is 1. The van der Waals surface area contributed by atoms with E-state index in [2.05, 4.69) is 15.3 Å². The zero-order chi connectivity index (χ0) is 24.9. The first-order valence-corrected chi connectivity index (χ1v) is 11.1. The van der Waals surface area contributed by atoms with Gasteiger partial charge in [-0.1, -0.05) is 30.3 Å². The Morgan fingerprint density at radius 1 is 1.14 bits per heavy atom. The number of carbonyl (C=O) groups is 1. The van der Waals surface area contributed by atoms with Gasteiger partial charge < -0.3 is 14.9 Å². The number of imidazole rings is 1. The van der Waals surface area contributed by atoms with Crippen molar-refractivity contribution in [1.29, 1.82) is 5.26 Å². The molecule has 4 rings (SSSR count). The highest BCUT2D eigenvalue weighted by Crippen LogP contribution is 2.28. The molecule has 0 saturated carbocycles. The van der Waals surface area contributed by atoms with E-state index in [9.17, 15) is 19.2 Å². The van der Waals surface area contributed by atoms with Crippen LogP contribution in [0.2, 0.25) is 0 Å². The number of halogens is 1. The van der Waals surface area contributed by atoms with Gasteiger partial charge >= 0.3 is 0 Å². The molecule has 176 valence electrons. The molecule has 2 aromatic carbocycles. The fourth-order valence-electron chi connectivity index (χ4n) is 4.09. The van der Waals surface area contributed by atoms with Crippen LogP contribution in [0.4, 0.5) is 10.2 Å². The zero-order valence-electron chi connectivity index (χ0n) is 19.4. The van der Waals surface area contributed by atoms with Gasteiger partial charge in [0.2, 0.25) is 5.91 Å². The van der Waals surface area contributed by atoms with E-state index in [-0.39, 0.29) is 23.7 Å². The van der Waals surface area contributed by atoms with Crippen LogP contribution in [-0.2, 0) is 17.8 Å². The maximum absolute atomic E-state index is 13.5. The molecule has 4 aromatic rings. The van der Waals surface area contributed by atoms with Gasteiger partial charge in [0, 0.05) is 17.7 Å². The third-order valence-corrected chi connectivity index (χ3v) is 5.93. The Morgan fingerprint density at radius 3 is 2.54 bits per heavy atom. The molecule has 0 atom stereocenters. The number of hydrogen-bond acceptors (Lipinski definition) is 4. The van der Waals surface area contributed by atoms with Gasteiger partial charge in [-0.15, -0.1) is 0 Å². The van der Waals surface area contributed by atoms with Gasteiger partial charge in [0.1, 0.15) is 29.0 Å². The van der Waals surface area contributed by atoms with Gasteiger partial charge in [0.25, 0.3) is 5.56 Å². The molecule has 8 heteroatoms. The van der Waals surface area contributed by atoms with Crippen molar-refractivity contribution in [3.63, 3.8) is 0 Å². The van der Waals surface area contributed by atoms with E-state index in [1.165, 1.54) is 12.1 Å². The molecular weight excluding hydrogens is 445 g/mol. The number of nitrogens with one attached hydrogen (secondary N) is 2. The number of anilines is 1. The third kappa shape index (κ3) is 5.20. The largest absolute Gasteiger partial charge is 0.325 e. The predicted molar refractivity (Wildman–Crippen MR) is 131 cm³/mol. The normalized spacial score (nSPS) is 10.7. The van der Waals surface area contributed by atoms with E-state index in [0.29, 0.717) is 41.3 Å². The summed E-state index contributed by atoms with van der Waals surface area (Å²) in [6.07, 6.45) is 2.14. The highest BCUT2D eigenvalue weighted by Gasteiger charge is 2.18. The second kappa shape index (κ2) is 10.2. The first kappa shape index (κ1) is 23.6. The molecule has 0 saturated heterocycles. The summed E-state index contributed by atoms with van der Waals surface area (Å²) in [5, 5.41) is 12.3. The number of carbonyl (C=O) groups excluding carboxylic acids is 1. The fraction of sp³-hybridized carbons (Fsp3) is 0.185. The molecule has 0 unspecified atom stereocenters. The number of pyridine rings is 1. The molecule has 0 aliphatic heterocycles. The Labute approximate surface area is 201 Å². The van der Waals surface area contributed by atoms with Crippen LogP contribution >= 0.6 is 0 Å². The number of H-pyrrole nitrogens is 1. The van der Waals surface area contributed by atoms with E-state index in [1.54, 1.807) is 32.3 Å². The number of nitrogens with zero attached hydrogens (tertiary/aromatic N) is 3. The first-order valence-electron chi connectivity index (χ1n) is 11.1. The molecule has 0 bridgehead atoms. The SMILES string of the molecule is Cc1[nH]c(=O)c(C#N)c(C)c1CCC(=O)Nc1c(-c2ccc(F)cc2)ncn1Cc1ccccc1. The molecule has 0 aliphatic rings. The van der Waals surface area contributed by atoms with Crippen LogP contribution in [0.15, 0.2) is 65.7 Å². The van der Waals surface area contributed by atoms with Crippen LogP contribution in [0.1, 0.15) is 34.4 Å². The molecule has 2 heterocycles. The third-order valence-electron chi connectivity index (χ3n) is 5.93. The van der Waals surface area contributed by atoms with Gasteiger partial charge in [-0.2, -0.15) is 5.26 Å². The standard InChI is InChI=1S/C27H24FN5O2/c1-17-22(18(2)31-27(35)23(17)14-29)12-13-24(34)32-26-25(20-8-10-21(28)11-9-20)30-16-33(26)15-19-6-4-3-5-7-19/h3-11,16H,12-13,15H2,1-2H3,(H,31,35)(H,32,34). The van der Waals surface area contributed by atoms with Crippen molar-refractivity contribution in [2.24, 2.45) is 0 Å². The maximum atomic E-state index is 13.5. The minimum atomic E-state index is -0.426. The van der Waals surface area contributed by atoms with Gasteiger partial charge in [-0.25, -0.2) is 9.37 Å². The molecule has 35 heavy (non-hydrogen) atoms. The fourth-order valence-corrected chi connectivity index (χ4v) is 4.09. The summed E-state index contributed by atoms with van der Waals surface area (Å²) in [5.74, 6) is -0.0868. The van der Waals surface area contributed by atoms with E-state index < -0.39 is 5.56 Å². The van der Waals surface area contributed by atoms with Crippen molar-refractivity contribution in [2.75, 3.05) is 5.32 Å². The number of aryl methyl sites for hydroxylation is 1. The molecule has 0 spiro atoms. The average molecular weight is 470 g/mol. The molecule has 2 N–H and O–H groups in total. The highest BCUT2D eigenvalue weighted by molar-refractivity contribution is 5.93. The van der Waals surface area contributed by atoms with Crippen LogP contribution in [0, 0.1) is 31.0 Å². The van der Waals surface area contributed by atoms with Crippen molar-refractivity contribution >= 4 is 11.7 Å². The van der Waals surface area contributed by atoms with Crippen LogP contribution in [0.5, 0.6) is 0 Å². The van der Waals surface area contributed by atoms with E-state index in [4.69, 9.17) is 0 Å². The molecule has 0 aliphatic carbocycles. The highest BCUT2D eigenvalue weighted by atomic mass is 19.1. The van der Waals surface area contributed by atoms with Gasteiger partial charge in [0.05, 0.1) is 12.9 Å². The van der Waals surface area contributed by atoms with Crippen LogP contribution in [-0.4, -0.2) is 20.4 Å². The summed E-state index contributed by atoms with van der Waals surface area (Å²) < 4.78 is 15.3. The lowest BCUT2D eigenvalue weighted by molar-refractivity contribution is -0.116. The Bertz CT molecular complexity index is 1460. The molecule has 7 nitrogen and oxygen atoms in total. The van der Waals surface area contributed by atoms with Crippen LogP contribution in [0.25, 0.3) is 11.3 Å². The Hall–Kier alpha value is -4.51. The minimum Gasteiger partial charge on any atom is -0.325 e. The summed E-state index contributed by atoms with van der Waals surface area (Å²) in [7, 11) is 0. The number of hydrogen-bond donors (Lipinski definition) is 2. The van der Waals surface area contributed by atoms with Crippen molar-refractivity contribution in [1.82, 2.24) is 14.5 Å². The molecule has 2 aromatic heterocycles. The lowest BCUT2D eigenvalue weighted by atomic mass is 9.99. The number of benzene rings is 2. The zero-order valence-corrected chi connectivity index (χ0v) is 19.4. The number of aromatic amines is 1. The smallest absolute Gasteiger partial charge is 0.266 e. The summed E-state index contributed by atoms with van der Waals surface area (Å²) in [6, 6.07) is 17.7. The maximum Gasteiger partial charge on any atom is 0.266 e. The number of nitriles is 1. The van der Waals surface area contributed by atoms with E-state index in [0.717, 1.165) is 11.1 Å². The predicted octanol–water partition coefficient (Wildman–Crippen LogP) is 4.49. The number of aromatic nitrogens is 3. The van der Waals surface area contributed by atoms with Crippen molar-refractivity contribution < 1.29 is 9.18 Å². The average Bonchev–Trinajstić information content (AvgIpc) is 3.22. The second-order valence-electron chi connectivity index (χ2n) is 8.28. The summed E-state index contributed by atoms with van der Waals surface area (Å²) in [5.41, 5.74) is 3.89. The molecule has 0 radical (unpaired) electrons. The first-order chi connectivity index (χ1) is 16.9. The van der Waals surface area contributed by atoms with Crippen molar-refractivity contribution in [3.05, 3.63) is 105 Å². The lowest BCUT2D eigenvalue weighted by Crippen LogP contribution is -2.19. The Balaban J connectivity index is 1.60. The minimum absolute atomic E-state index is 0.0607. The van der Waals surface area contributed by atoms with Crippen LogP contribution in [0.3, 0.4) is 0 Å². The number of rotatable bonds is 7. The molecule has 0 fully saturated rings. The van der Waals surface area contributed by atoms with Gasteiger partial charge in [-0.05, 0) is 61.2 Å². The Morgan fingerprint density at radius 2 is 1.86 bits per heavy atom. The topological polar surface area (TPSA) is 104 Å². The monoisotopic (exact) mass is 469 g/mol. The Kier molecular flexibility index (Phi) is 6.88. The van der Waals surface area contributed by atoms with Crippen molar-refractivity contribution in [2.45, 2.75) is 33.2 Å². The van der Waals surface area contributed by atoms with E-state index >= 15 is 0 Å². The summed E-state index contributed by atoms with van der Waals surface area (Å²) in [4.78, 5) is 32.2. The quantitative estimate of drug-likeness (QED) is 0.416. The lowest BCUT2D eigenvalue weighted by Gasteiger charge is -2.14. The van der Waals surface area contributed by atoms with Crippen LogP contribution < -0.4 is 10.9 Å². The summed E-state index contributed by atoms with van der Waals surface area (Å²) >= 11 is 0. The molecular formula is C27H24FN5O2. The van der Waals surface area contributed by atoms with Crippen molar-refractivity contribution in [3.8, 4) is 17.3 Å². The summed E-state index contributed by atoms with van der Waals surface area (Å²) in [6.45, 7) is 3.97. The van der Waals surface area contributed by atoms with E-state index in [1.807, 2.05) is 41.0 Å². The second-order valence-corrected chi connectivity index (χ2v) is 8.28.